The number of hydrogen-bond donors (Lipinski definition) is 3. The third kappa shape index (κ3) is 7.25. The lowest BCUT2D eigenvalue weighted by atomic mass is 9.67. The highest BCUT2D eigenvalue weighted by Gasteiger charge is 2.49. The summed E-state index contributed by atoms with van der Waals surface area (Å²) in [6.07, 6.45) is 6.04. The molecule has 2 aliphatic carbocycles. The maximum atomic E-state index is 12.2. The number of aromatic nitrogens is 2. The summed E-state index contributed by atoms with van der Waals surface area (Å²) < 4.78 is 18.0. The van der Waals surface area contributed by atoms with Crippen molar-refractivity contribution in [2.24, 2.45) is 5.41 Å². The average molecular weight is 766 g/mol. The number of carbonyl (C=O) groups is 2. The highest BCUT2D eigenvalue weighted by Crippen LogP contribution is 2.47. The van der Waals surface area contributed by atoms with E-state index in [1.165, 1.54) is 5.56 Å². The SMILES string of the molecule is COc1nc(-c2cccc(-c3cccc4c3CC[C@@H]4Oc3nc(OC)c(CN4CC5(C(=O)O)CCC4CC5)cc3Cl)c2C)ccc1CNC[C@@H]1CCC(=O)N1. The molecule has 9 rings (SSSR count). The van der Waals surface area contributed by atoms with Gasteiger partial charge in [-0.1, -0.05) is 54.1 Å². The zero-order valence-corrected chi connectivity index (χ0v) is 32.4. The molecule has 2 bridgehead atoms. The van der Waals surface area contributed by atoms with Crippen LogP contribution in [0.25, 0.3) is 22.4 Å². The van der Waals surface area contributed by atoms with E-state index < -0.39 is 11.4 Å². The first-order chi connectivity index (χ1) is 26.7. The van der Waals surface area contributed by atoms with Crippen molar-refractivity contribution in [1.82, 2.24) is 25.5 Å². The van der Waals surface area contributed by atoms with Crippen molar-refractivity contribution in [2.45, 2.75) is 89.6 Å². The largest absolute Gasteiger partial charge is 0.481 e. The summed E-state index contributed by atoms with van der Waals surface area (Å²) in [5.41, 5.74) is 8.75. The number of pyridine rings is 2. The van der Waals surface area contributed by atoms with E-state index in [2.05, 4.69) is 64.9 Å². The van der Waals surface area contributed by atoms with Gasteiger partial charge in [-0.25, -0.2) is 4.98 Å². The van der Waals surface area contributed by atoms with Crippen LogP contribution in [0.2, 0.25) is 5.02 Å². The molecule has 12 heteroatoms. The van der Waals surface area contributed by atoms with Crippen LogP contribution in [-0.2, 0) is 29.1 Å². The highest BCUT2D eigenvalue weighted by molar-refractivity contribution is 6.31. The molecule has 1 amide bonds. The molecule has 5 aliphatic rings. The standard InChI is InChI=1S/C43H48ClN5O6/c1-25-30(6-4-7-31(25)36-13-10-26(39(47-36)53-2)21-45-22-28-11-15-38(50)46-28)32-8-5-9-34-33(32)12-14-37(34)55-41-35(44)20-27(40(48-41)54-3)23-49-24-43(42(51)52)18-16-29(49)17-19-43/h4-10,13,20,28-29,37,45H,11-12,14-19,21-24H2,1-3H3,(H,46,50)(H,51,52)/t28-,29?,37-,43?/m0/s1. The van der Waals surface area contributed by atoms with E-state index in [0.717, 1.165) is 89.6 Å². The fourth-order valence-corrected chi connectivity index (χ4v) is 9.44. The van der Waals surface area contributed by atoms with E-state index in [1.807, 2.05) is 12.1 Å². The Morgan fingerprint density at radius 2 is 1.69 bits per heavy atom. The summed E-state index contributed by atoms with van der Waals surface area (Å²) in [7, 11) is 3.24. The fourth-order valence-electron chi connectivity index (χ4n) is 9.22. The lowest BCUT2D eigenvalue weighted by Crippen LogP contribution is -2.56. The number of benzene rings is 2. The number of carboxylic acids is 1. The average Bonchev–Trinajstić information content (AvgIpc) is 3.81. The first-order valence-corrected chi connectivity index (χ1v) is 19.7. The Labute approximate surface area is 326 Å². The number of carboxylic acid groups (broad SMARTS) is 1. The lowest BCUT2D eigenvalue weighted by Gasteiger charge is -2.50. The van der Waals surface area contributed by atoms with Crippen molar-refractivity contribution < 1.29 is 28.9 Å². The maximum absolute atomic E-state index is 12.2. The van der Waals surface area contributed by atoms with Gasteiger partial charge in [0, 0.05) is 61.4 Å². The van der Waals surface area contributed by atoms with E-state index >= 15 is 0 Å². The van der Waals surface area contributed by atoms with Gasteiger partial charge in [0.2, 0.25) is 23.5 Å². The predicted molar refractivity (Wildman–Crippen MR) is 209 cm³/mol. The first kappa shape index (κ1) is 37.2. The Hall–Kier alpha value is -4.71. The molecule has 5 heterocycles. The second-order valence-electron chi connectivity index (χ2n) is 15.5. The molecular weight excluding hydrogens is 718 g/mol. The van der Waals surface area contributed by atoms with Gasteiger partial charge in [-0.05, 0) is 91.8 Å². The summed E-state index contributed by atoms with van der Waals surface area (Å²) in [6, 6.07) is 19.2. The van der Waals surface area contributed by atoms with Gasteiger partial charge in [0.1, 0.15) is 11.1 Å². The number of nitrogens with zero attached hydrogens (tertiary/aromatic N) is 3. The summed E-state index contributed by atoms with van der Waals surface area (Å²) >= 11 is 6.86. The zero-order chi connectivity index (χ0) is 38.3. The Balaban J connectivity index is 0.994. The molecule has 4 fully saturated rings. The molecule has 1 saturated carbocycles. The third-order valence-corrected chi connectivity index (χ3v) is 12.5. The Morgan fingerprint density at radius 3 is 2.44 bits per heavy atom. The first-order valence-electron chi connectivity index (χ1n) is 19.3. The van der Waals surface area contributed by atoms with Gasteiger partial charge in [-0.2, -0.15) is 4.98 Å². The quantitative estimate of drug-likeness (QED) is 0.130. The van der Waals surface area contributed by atoms with Gasteiger partial charge in [-0.3, -0.25) is 14.5 Å². The van der Waals surface area contributed by atoms with Crippen LogP contribution < -0.4 is 24.8 Å². The summed E-state index contributed by atoms with van der Waals surface area (Å²) in [6.45, 7) is 4.48. The van der Waals surface area contributed by atoms with Crippen molar-refractivity contribution in [3.63, 3.8) is 0 Å². The van der Waals surface area contributed by atoms with E-state index in [0.29, 0.717) is 61.3 Å². The number of halogens is 1. The highest BCUT2D eigenvalue weighted by atomic mass is 35.5. The Kier molecular flexibility index (Phi) is 10.4. The van der Waals surface area contributed by atoms with E-state index in [1.54, 1.807) is 14.2 Å². The summed E-state index contributed by atoms with van der Waals surface area (Å²) in [4.78, 5) is 35.7. The van der Waals surface area contributed by atoms with Gasteiger partial charge in [0.15, 0.2) is 0 Å². The third-order valence-electron chi connectivity index (χ3n) is 12.2. The smallest absolute Gasteiger partial charge is 0.310 e. The summed E-state index contributed by atoms with van der Waals surface area (Å²) in [5, 5.41) is 16.8. The number of amides is 1. The number of aliphatic carboxylic acids is 1. The second-order valence-corrected chi connectivity index (χ2v) is 15.9. The van der Waals surface area contributed by atoms with Crippen molar-refractivity contribution >= 4 is 23.5 Å². The minimum absolute atomic E-state index is 0.113. The number of ether oxygens (including phenoxy) is 3. The molecule has 55 heavy (non-hydrogen) atoms. The number of rotatable bonds is 13. The number of nitrogens with one attached hydrogen (secondary N) is 2. The monoisotopic (exact) mass is 765 g/mol. The van der Waals surface area contributed by atoms with Gasteiger partial charge < -0.3 is 30.0 Å². The van der Waals surface area contributed by atoms with Crippen LogP contribution in [0.4, 0.5) is 0 Å². The number of carbonyl (C=O) groups excluding carboxylic acids is 1. The number of piperidine rings is 2. The summed E-state index contributed by atoms with van der Waals surface area (Å²) in [5.74, 6) is 0.758. The molecule has 3 N–H and O–H groups in total. The zero-order valence-electron chi connectivity index (χ0n) is 31.6. The van der Waals surface area contributed by atoms with E-state index in [9.17, 15) is 14.7 Å². The fraction of sp³-hybridized carbons (Fsp3) is 0.442. The maximum Gasteiger partial charge on any atom is 0.310 e. The van der Waals surface area contributed by atoms with E-state index in [-0.39, 0.29) is 18.1 Å². The number of methoxy groups -OCH3 is 2. The van der Waals surface area contributed by atoms with Crippen molar-refractivity contribution in [3.8, 4) is 40.0 Å². The van der Waals surface area contributed by atoms with Crippen molar-refractivity contribution in [3.05, 3.63) is 87.4 Å². The van der Waals surface area contributed by atoms with Gasteiger partial charge in [-0.15, -0.1) is 0 Å². The van der Waals surface area contributed by atoms with Crippen LogP contribution in [0.3, 0.4) is 0 Å². The molecule has 4 aromatic rings. The molecule has 2 aromatic heterocycles. The van der Waals surface area contributed by atoms with Crippen LogP contribution in [0, 0.1) is 12.3 Å². The lowest BCUT2D eigenvalue weighted by molar-refractivity contribution is -0.160. The van der Waals surface area contributed by atoms with Gasteiger partial charge >= 0.3 is 5.97 Å². The molecule has 288 valence electrons. The van der Waals surface area contributed by atoms with Crippen LogP contribution in [0.15, 0.2) is 54.6 Å². The van der Waals surface area contributed by atoms with Crippen LogP contribution in [0.1, 0.15) is 78.9 Å². The minimum Gasteiger partial charge on any atom is -0.481 e. The molecule has 3 aliphatic heterocycles. The molecular formula is C43H48ClN5O6. The topological polar surface area (TPSA) is 135 Å². The molecule has 2 atom stereocenters. The van der Waals surface area contributed by atoms with Crippen LogP contribution in [0.5, 0.6) is 17.6 Å². The van der Waals surface area contributed by atoms with Crippen molar-refractivity contribution in [1.29, 1.82) is 0 Å². The molecule has 0 radical (unpaired) electrons. The van der Waals surface area contributed by atoms with Crippen LogP contribution >= 0.6 is 11.6 Å². The molecule has 3 saturated heterocycles. The molecule has 11 nitrogen and oxygen atoms in total. The molecule has 2 aromatic carbocycles. The number of hydrogen-bond acceptors (Lipinski definition) is 9. The Morgan fingerprint density at radius 1 is 0.945 bits per heavy atom. The molecule has 0 unspecified atom stereocenters. The normalized spacial score (nSPS) is 23.1. The minimum atomic E-state index is -0.702. The second kappa shape index (κ2) is 15.4. The van der Waals surface area contributed by atoms with Crippen LogP contribution in [-0.4, -0.2) is 71.2 Å². The Bertz CT molecular complexity index is 2120. The molecule has 0 spiro atoms. The van der Waals surface area contributed by atoms with Crippen molar-refractivity contribution in [2.75, 3.05) is 27.3 Å². The predicted octanol–water partition coefficient (Wildman–Crippen LogP) is 7.05. The van der Waals surface area contributed by atoms with Gasteiger partial charge in [0.05, 0.1) is 25.3 Å². The van der Waals surface area contributed by atoms with Gasteiger partial charge in [0.25, 0.3) is 0 Å². The van der Waals surface area contributed by atoms with E-state index in [4.69, 9.17) is 35.8 Å². The number of fused-ring (bicyclic) bond motifs is 4.